The highest BCUT2D eigenvalue weighted by Crippen LogP contribution is 2.30. The molecule has 0 aliphatic heterocycles. The molecule has 0 spiro atoms. The normalized spacial score (nSPS) is 17.4. The maximum Gasteiger partial charge on any atom is 0.283 e. The molecule has 6 nitrogen and oxygen atoms in total. The van der Waals surface area contributed by atoms with Gasteiger partial charge in [0.15, 0.2) is 0 Å². The van der Waals surface area contributed by atoms with Crippen molar-refractivity contribution in [3.8, 4) is 0 Å². The van der Waals surface area contributed by atoms with Crippen LogP contribution in [0.5, 0.6) is 0 Å². The minimum atomic E-state index is -0.662. The van der Waals surface area contributed by atoms with Crippen molar-refractivity contribution in [3.05, 3.63) is 21.0 Å². The van der Waals surface area contributed by atoms with Crippen molar-refractivity contribution in [2.24, 2.45) is 0 Å². The summed E-state index contributed by atoms with van der Waals surface area (Å²) in [4.78, 5) is 12.1. The molecule has 2 rings (SSSR count). The summed E-state index contributed by atoms with van der Waals surface area (Å²) in [6, 6.07) is 0. The maximum absolute atomic E-state index is 12.1. The molecule has 2 N–H and O–H groups in total. The third kappa shape index (κ3) is 3.59. The first-order valence-corrected chi connectivity index (χ1v) is 7.56. The molecule has 1 saturated carbocycles. The Labute approximate surface area is 126 Å². The molecule has 1 fully saturated rings. The van der Waals surface area contributed by atoms with Gasteiger partial charge in [0.25, 0.3) is 5.56 Å². The fraction of sp³-hybridized carbons (Fsp3) is 0.692. The zero-order valence-corrected chi connectivity index (χ0v) is 13.1. The van der Waals surface area contributed by atoms with Crippen LogP contribution in [0.15, 0.2) is 15.5 Å². The smallest absolute Gasteiger partial charge is 0.283 e. The van der Waals surface area contributed by atoms with E-state index in [1.165, 1.54) is 4.68 Å². The number of nitrogens with one attached hydrogen (secondary N) is 1. The van der Waals surface area contributed by atoms with E-state index in [1.54, 1.807) is 13.3 Å². The highest BCUT2D eigenvalue weighted by atomic mass is 79.9. The molecule has 1 aromatic heterocycles. The molecule has 0 radical (unpaired) electrons. The molecule has 1 heterocycles. The summed E-state index contributed by atoms with van der Waals surface area (Å²) in [5.41, 5.74) is -0.251. The van der Waals surface area contributed by atoms with E-state index >= 15 is 0 Å². The number of ether oxygens (including phenoxy) is 1. The molecular weight excluding hydrogens is 326 g/mol. The number of rotatable bonds is 6. The fourth-order valence-corrected chi connectivity index (χ4v) is 2.84. The third-order valence-electron chi connectivity index (χ3n) is 3.63. The standard InChI is InChI=1S/C13H20BrN3O3/c1-20-7-6-17-12(18)11(14)10(8-16-17)15-9-13(19)4-2-3-5-13/h8,15,19H,2-7,9H2,1H3. The first-order valence-electron chi connectivity index (χ1n) is 6.76. The van der Waals surface area contributed by atoms with E-state index in [2.05, 4.69) is 26.3 Å². The minimum absolute atomic E-state index is 0.203. The van der Waals surface area contributed by atoms with E-state index in [9.17, 15) is 9.90 Å². The average Bonchev–Trinajstić information content (AvgIpc) is 2.87. The van der Waals surface area contributed by atoms with Gasteiger partial charge in [-0.15, -0.1) is 0 Å². The van der Waals surface area contributed by atoms with Gasteiger partial charge in [-0.25, -0.2) is 4.68 Å². The highest BCUT2D eigenvalue weighted by molar-refractivity contribution is 9.10. The Bertz CT molecular complexity index is 512. The first-order chi connectivity index (χ1) is 9.56. The second-order valence-electron chi connectivity index (χ2n) is 5.18. The molecule has 0 atom stereocenters. The average molecular weight is 346 g/mol. The molecule has 20 heavy (non-hydrogen) atoms. The first kappa shape index (κ1) is 15.5. The summed E-state index contributed by atoms with van der Waals surface area (Å²) < 4.78 is 6.72. The van der Waals surface area contributed by atoms with E-state index in [4.69, 9.17) is 4.74 Å². The van der Waals surface area contributed by atoms with Gasteiger partial charge in [-0.1, -0.05) is 12.8 Å². The predicted molar refractivity (Wildman–Crippen MR) is 80.0 cm³/mol. The fourth-order valence-electron chi connectivity index (χ4n) is 2.39. The molecule has 7 heteroatoms. The van der Waals surface area contributed by atoms with E-state index < -0.39 is 5.60 Å². The number of aliphatic hydroxyl groups is 1. The summed E-state index contributed by atoms with van der Waals surface area (Å²) in [5.74, 6) is 0. The Hall–Kier alpha value is -0.920. The molecule has 0 unspecified atom stereocenters. The zero-order chi connectivity index (χ0) is 14.6. The summed E-state index contributed by atoms with van der Waals surface area (Å²) in [5, 5.41) is 17.5. The maximum atomic E-state index is 12.1. The Kier molecular flexibility index (Phi) is 5.17. The summed E-state index contributed by atoms with van der Waals surface area (Å²) in [6.07, 6.45) is 5.30. The molecule has 112 valence electrons. The van der Waals surface area contributed by atoms with Gasteiger partial charge in [-0.05, 0) is 28.8 Å². The number of halogens is 1. The van der Waals surface area contributed by atoms with Gasteiger partial charge in [0.05, 0.1) is 30.6 Å². The van der Waals surface area contributed by atoms with Crippen molar-refractivity contribution in [3.63, 3.8) is 0 Å². The lowest BCUT2D eigenvalue weighted by Gasteiger charge is -2.23. The van der Waals surface area contributed by atoms with Crippen molar-refractivity contribution < 1.29 is 9.84 Å². The Morgan fingerprint density at radius 3 is 2.90 bits per heavy atom. The lowest BCUT2D eigenvalue weighted by Crippen LogP contribution is -2.34. The summed E-state index contributed by atoms with van der Waals surface area (Å²) >= 11 is 3.29. The molecular formula is C13H20BrN3O3. The monoisotopic (exact) mass is 345 g/mol. The molecule has 1 aliphatic carbocycles. The van der Waals surface area contributed by atoms with Crippen LogP contribution in [0.3, 0.4) is 0 Å². The van der Waals surface area contributed by atoms with E-state index in [1.807, 2.05) is 0 Å². The van der Waals surface area contributed by atoms with E-state index in [-0.39, 0.29) is 5.56 Å². The summed E-state index contributed by atoms with van der Waals surface area (Å²) in [7, 11) is 1.58. The summed E-state index contributed by atoms with van der Waals surface area (Å²) in [6.45, 7) is 1.29. The SMILES string of the molecule is COCCn1ncc(NCC2(O)CCCC2)c(Br)c1=O. The van der Waals surface area contributed by atoms with Crippen LogP contribution in [-0.2, 0) is 11.3 Å². The van der Waals surface area contributed by atoms with E-state index in [0.29, 0.717) is 29.9 Å². The van der Waals surface area contributed by atoms with Crippen LogP contribution in [-0.4, -0.2) is 40.7 Å². The van der Waals surface area contributed by atoms with Gasteiger partial charge in [0, 0.05) is 13.7 Å². The highest BCUT2D eigenvalue weighted by Gasteiger charge is 2.30. The minimum Gasteiger partial charge on any atom is -0.388 e. The van der Waals surface area contributed by atoms with Gasteiger partial charge in [0.1, 0.15) is 4.47 Å². The van der Waals surface area contributed by atoms with Gasteiger partial charge in [-0.3, -0.25) is 4.79 Å². The van der Waals surface area contributed by atoms with Gasteiger partial charge in [0.2, 0.25) is 0 Å². The van der Waals surface area contributed by atoms with Crippen LogP contribution < -0.4 is 10.9 Å². The van der Waals surface area contributed by atoms with Crippen molar-refractivity contribution in [2.45, 2.75) is 37.8 Å². The number of nitrogens with zero attached hydrogens (tertiary/aromatic N) is 2. The molecule has 0 saturated heterocycles. The molecule has 1 aliphatic rings. The zero-order valence-electron chi connectivity index (χ0n) is 11.6. The second-order valence-corrected chi connectivity index (χ2v) is 5.97. The number of hydrogen-bond acceptors (Lipinski definition) is 5. The second kappa shape index (κ2) is 6.69. The van der Waals surface area contributed by atoms with Crippen LogP contribution >= 0.6 is 15.9 Å². The Morgan fingerprint density at radius 1 is 1.55 bits per heavy atom. The van der Waals surface area contributed by atoms with Crippen molar-refractivity contribution in [1.29, 1.82) is 0 Å². The molecule has 0 amide bonds. The topological polar surface area (TPSA) is 76.4 Å². The van der Waals surface area contributed by atoms with Crippen LogP contribution in [0, 0.1) is 0 Å². The number of anilines is 1. The Morgan fingerprint density at radius 2 is 2.25 bits per heavy atom. The van der Waals surface area contributed by atoms with Crippen LogP contribution in [0.2, 0.25) is 0 Å². The molecule has 0 aromatic carbocycles. The van der Waals surface area contributed by atoms with Crippen molar-refractivity contribution in [2.75, 3.05) is 25.6 Å². The Balaban J connectivity index is 2.05. The van der Waals surface area contributed by atoms with E-state index in [0.717, 1.165) is 25.7 Å². The number of aromatic nitrogens is 2. The molecule has 0 bridgehead atoms. The third-order valence-corrected chi connectivity index (χ3v) is 4.40. The van der Waals surface area contributed by atoms with Crippen molar-refractivity contribution >= 4 is 21.6 Å². The van der Waals surface area contributed by atoms with Crippen molar-refractivity contribution in [1.82, 2.24) is 9.78 Å². The van der Waals surface area contributed by atoms with Gasteiger partial charge < -0.3 is 15.2 Å². The van der Waals surface area contributed by atoms with Crippen LogP contribution in [0.1, 0.15) is 25.7 Å². The number of methoxy groups -OCH3 is 1. The van der Waals surface area contributed by atoms with Crippen LogP contribution in [0.25, 0.3) is 0 Å². The lowest BCUT2D eigenvalue weighted by atomic mass is 10.0. The predicted octanol–water partition coefficient (Wildman–Crippen LogP) is 1.37. The quantitative estimate of drug-likeness (QED) is 0.814. The van der Waals surface area contributed by atoms with Gasteiger partial charge >= 0.3 is 0 Å². The van der Waals surface area contributed by atoms with Gasteiger partial charge in [-0.2, -0.15) is 5.10 Å². The molecule has 1 aromatic rings. The van der Waals surface area contributed by atoms with Crippen LogP contribution in [0.4, 0.5) is 5.69 Å². The number of hydrogen-bond donors (Lipinski definition) is 2. The lowest BCUT2D eigenvalue weighted by molar-refractivity contribution is 0.0614. The largest absolute Gasteiger partial charge is 0.388 e.